The second kappa shape index (κ2) is 6.10. The molecule has 0 bridgehead atoms. The molecule has 0 fully saturated rings. The smallest absolute Gasteiger partial charge is 0.293 e. The van der Waals surface area contributed by atoms with Crippen LogP contribution in [-0.2, 0) is 18.6 Å². The van der Waals surface area contributed by atoms with E-state index in [1.807, 2.05) is 45.0 Å². The molecule has 1 aromatic carbocycles. The maximum absolute atomic E-state index is 12.4. The first-order valence-corrected chi connectivity index (χ1v) is 7.02. The molecule has 5 heteroatoms. The first-order valence-electron chi connectivity index (χ1n) is 7.02. The van der Waals surface area contributed by atoms with Crippen LogP contribution in [0.2, 0.25) is 0 Å². The van der Waals surface area contributed by atoms with E-state index in [0.717, 1.165) is 11.1 Å². The van der Waals surface area contributed by atoms with Crippen molar-refractivity contribution >= 4 is 5.82 Å². The molecule has 112 valence electrons. The zero-order valence-corrected chi connectivity index (χ0v) is 12.8. The number of hydrogen-bond donors (Lipinski definition) is 2. The topological polar surface area (TPSA) is 72.9 Å². The molecule has 2 rings (SSSR count). The molecule has 5 nitrogen and oxygen atoms in total. The van der Waals surface area contributed by atoms with Crippen LogP contribution in [0.5, 0.6) is 0 Å². The Kier molecular flexibility index (Phi) is 4.43. The third kappa shape index (κ3) is 3.49. The monoisotopic (exact) mass is 286 g/mol. The van der Waals surface area contributed by atoms with Gasteiger partial charge in [-0.25, -0.2) is 4.98 Å². The number of anilines is 1. The van der Waals surface area contributed by atoms with Crippen LogP contribution in [0.15, 0.2) is 41.5 Å². The van der Waals surface area contributed by atoms with Crippen molar-refractivity contribution in [1.29, 1.82) is 0 Å². The van der Waals surface area contributed by atoms with Gasteiger partial charge in [0.05, 0.1) is 0 Å². The third-order valence-corrected chi connectivity index (χ3v) is 3.35. The summed E-state index contributed by atoms with van der Waals surface area (Å²) in [7, 11) is 0. The molecule has 0 unspecified atom stereocenters. The maximum Gasteiger partial charge on any atom is 0.293 e. The molecule has 1 aromatic heterocycles. The van der Waals surface area contributed by atoms with Crippen molar-refractivity contribution in [1.82, 2.24) is 9.55 Å². The molecule has 0 saturated carbocycles. The standard InChI is InChI=1S/C16H22N4O/c1-16(2,3)20-9-8-18-14(15(20)21)19-11-13-7-5-4-6-12(13)10-17/h4-9H,10-11,17H2,1-3H3,(H,18,19). The van der Waals surface area contributed by atoms with Crippen molar-refractivity contribution in [2.45, 2.75) is 39.4 Å². The van der Waals surface area contributed by atoms with Gasteiger partial charge in [-0.1, -0.05) is 24.3 Å². The molecular formula is C16H22N4O. The van der Waals surface area contributed by atoms with Gasteiger partial charge < -0.3 is 15.6 Å². The van der Waals surface area contributed by atoms with E-state index in [-0.39, 0.29) is 11.1 Å². The van der Waals surface area contributed by atoms with Gasteiger partial charge in [0.15, 0.2) is 5.82 Å². The van der Waals surface area contributed by atoms with Gasteiger partial charge in [-0.3, -0.25) is 4.79 Å². The van der Waals surface area contributed by atoms with Gasteiger partial charge in [0.1, 0.15) is 0 Å². The number of rotatable bonds is 4. The Morgan fingerprint density at radius 2 is 1.90 bits per heavy atom. The summed E-state index contributed by atoms with van der Waals surface area (Å²) in [5, 5.41) is 3.12. The van der Waals surface area contributed by atoms with Crippen molar-refractivity contribution in [3.63, 3.8) is 0 Å². The normalized spacial score (nSPS) is 11.4. The highest BCUT2D eigenvalue weighted by Gasteiger charge is 2.16. The third-order valence-electron chi connectivity index (χ3n) is 3.35. The van der Waals surface area contributed by atoms with Gasteiger partial charge in [-0.15, -0.1) is 0 Å². The fraction of sp³-hybridized carbons (Fsp3) is 0.375. The summed E-state index contributed by atoms with van der Waals surface area (Å²) >= 11 is 0. The second-order valence-corrected chi connectivity index (χ2v) is 5.95. The van der Waals surface area contributed by atoms with Crippen LogP contribution in [-0.4, -0.2) is 9.55 Å². The Morgan fingerprint density at radius 1 is 1.24 bits per heavy atom. The fourth-order valence-corrected chi connectivity index (χ4v) is 2.17. The van der Waals surface area contributed by atoms with Crippen LogP contribution < -0.4 is 16.6 Å². The predicted octanol–water partition coefficient (Wildman–Crippen LogP) is 2.07. The van der Waals surface area contributed by atoms with Gasteiger partial charge in [0.2, 0.25) is 0 Å². The quantitative estimate of drug-likeness (QED) is 0.902. The Hall–Kier alpha value is -2.14. The number of benzene rings is 1. The lowest BCUT2D eigenvalue weighted by Crippen LogP contribution is -2.35. The average Bonchev–Trinajstić information content (AvgIpc) is 2.45. The largest absolute Gasteiger partial charge is 0.361 e. The summed E-state index contributed by atoms with van der Waals surface area (Å²) in [5.74, 6) is 0.360. The number of nitrogens with zero attached hydrogens (tertiary/aromatic N) is 2. The molecule has 0 spiro atoms. The highest BCUT2D eigenvalue weighted by atomic mass is 16.1. The molecule has 0 saturated heterocycles. The second-order valence-electron chi connectivity index (χ2n) is 5.95. The number of nitrogens with one attached hydrogen (secondary N) is 1. The van der Waals surface area contributed by atoms with Gasteiger partial charge in [0, 0.05) is 31.0 Å². The van der Waals surface area contributed by atoms with Crippen molar-refractivity contribution < 1.29 is 0 Å². The molecule has 0 atom stereocenters. The molecule has 3 N–H and O–H groups in total. The minimum absolute atomic E-state index is 0.116. The number of hydrogen-bond acceptors (Lipinski definition) is 4. The van der Waals surface area contributed by atoms with Crippen molar-refractivity contribution in [3.05, 3.63) is 58.1 Å². The molecule has 0 amide bonds. The summed E-state index contributed by atoms with van der Waals surface area (Å²) in [6.07, 6.45) is 3.35. The summed E-state index contributed by atoms with van der Waals surface area (Å²) < 4.78 is 1.68. The van der Waals surface area contributed by atoms with Crippen LogP contribution in [0.1, 0.15) is 31.9 Å². The molecule has 21 heavy (non-hydrogen) atoms. The summed E-state index contributed by atoms with van der Waals surface area (Å²) in [5.41, 5.74) is 7.48. The Balaban J connectivity index is 2.23. The van der Waals surface area contributed by atoms with E-state index in [2.05, 4.69) is 10.3 Å². The summed E-state index contributed by atoms with van der Waals surface area (Å²) in [6.45, 7) is 6.97. The Morgan fingerprint density at radius 3 is 2.52 bits per heavy atom. The maximum atomic E-state index is 12.4. The van der Waals surface area contributed by atoms with Crippen LogP contribution >= 0.6 is 0 Å². The summed E-state index contributed by atoms with van der Waals surface area (Å²) in [6, 6.07) is 7.91. The lowest BCUT2D eigenvalue weighted by molar-refractivity contribution is 0.383. The Labute approximate surface area is 124 Å². The summed E-state index contributed by atoms with van der Waals surface area (Å²) in [4.78, 5) is 16.6. The zero-order valence-electron chi connectivity index (χ0n) is 12.8. The van der Waals surface area contributed by atoms with Crippen LogP contribution in [0.25, 0.3) is 0 Å². The lowest BCUT2D eigenvalue weighted by atomic mass is 10.1. The Bertz CT molecular complexity index is 670. The molecular weight excluding hydrogens is 264 g/mol. The highest BCUT2D eigenvalue weighted by molar-refractivity contribution is 5.35. The molecule has 2 aromatic rings. The molecule has 0 aliphatic heterocycles. The van der Waals surface area contributed by atoms with Gasteiger partial charge >= 0.3 is 0 Å². The molecule has 0 radical (unpaired) electrons. The van der Waals surface area contributed by atoms with E-state index in [9.17, 15) is 4.79 Å². The lowest BCUT2D eigenvalue weighted by Gasteiger charge is -2.22. The number of aromatic nitrogens is 2. The van der Waals surface area contributed by atoms with E-state index in [1.165, 1.54) is 0 Å². The van der Waals surface area contributed by atoms with E-state index in [0.29, 0.717) is 18.9 Å². The van der Waals surface area contributed by atoms with E-state index >= 15 is 0 Å². The number of nitrogens with two attached hydrogens (primary N) is 1. The molecule has 0 aliphatic rings. The molecule has 1 heterocycles. The SMILES string of the molecule is CC(C)(C)n1ccnc(NCc2ccccc2CN)c1=O. The predicted molar refractivity (Wildman–Crippen MR) is 85.2 cm³/mol. The van der Waals surface area contributed by atoms with Crippen molar-refractivity contribution in [2.24, 2.45) is 5.73 Å². The van der Waals surface area contributed by atoms with E-state index < -0.39 is 0 Å². The van der Waals surface area contributed by atoms with Crippen molar-refractivity contribution in [2.75, 3.05) is 5.32 Å². The first-order chi connectivity index (χ1) is 9.93. The minimum atomic E-state index is -0.272. The zero-order chi connectivity index (χ0) is 15.5. The van der Waals surface area contributed by atoms with Crippen LogP contribution in [0, 0.1) is 0 Å². The van der Waals surface area contributed by atoms with E-state index in [1.54, 1.807) is 17.0 Å². The van der Waals surface area contributed by atoms with Crippen LogP contribution in [0.4, 0.5) is 5.82 Å². The van der Waals surface area contributed by atoms with Crippen molar-refractivity contribution in [3.8, 4) is 0 Å². The molecule has 0 aliphatic carbocycles. The van der Waals surface area contributed by atoms with Gasteiger partial charge in [0.25, 0.3) is 5.56 Å². The average molecular weight is 286 g/mol. The minimum Gasteiger partial charge on any atom is -0.361 e. The van der Waals surface area contributed by atoms with E-state index in [4.69, 9.17) is 5.73 Å². The van der Waals surface area contributed by atoms with Gasteiger partial charge in [-0.05, 0) is 31.9 Å². The van der Waals surface area contributed by atoms with Crippen LogP contribution in [0.3, 0.4) is 0 Å². The highest BCUT2D eigenvalue weighted by Crippen LogP contribution is 2.12. The first kappa shape index (κ1) is 15.3. The fourth-order valence-electron chi connectivity index (χ4n) is 2.17. The van der Waals surface area contributed by atoms with Gasteiger partial charge in [-0.2, -0.15) is 0 Å².